The lowest BCUT2D eigenvalue weighted by Gasteiger charge is -2.08. The first-order valence-electron chi connectivity index (χ1n) is 3.10. The van der Waals surface area contributed by atoms with Crippen LogP contribution in [0, 0.1) is 17.2 Å². The molecule has 0 saturated heterocycles. The molecule has 1 aliphatic heterocycles. The monoisotopic (exact) mass is 136 g/mol. The van der Waals surface area contributed by atoms with E-state index in [1.165, 1.54) is 0 Å². The molecule has 0 spiro atoms. The van der Waals surface area contributed by atoms with E-state index in [9.17, 15) is 0 Å². The van der Waals surface area contributed by atoms with Gasteiger partial charge in [-0.25, -0.2) is 0 Å². The minimum absolute atomic E-state index is 0.108. The maximum atomic E-state index is 8.65. The van der Waals surface area contributed by atoms with Crippen LogP contribution < -0.4 is 0 Å². The minimum Gasteiger partial charge on any atom is -0.396 e. The van der Waals surface area contributed by atoms with Gasteiger partial charge in [0.1, 0.15) is 11.8 Å². The SMILES string of the molecule is N#CC1=NCC(CO)C=C1. The van der Waals surface area contributed by atoms with Crippen LogP contribution in [0.5, 0.6) is 0 Å². The van der Waals surface area contributed by atoms with Gasteiger partial charge >= 0.3 is 0 Å². The molecule has 0 fully saturated rings. The van der Waals surface area contributed by atoms with Gasteiger partial charge in [0.2, 0.25) is 0 Å². The molecule has 52 valence electrons. The van der Waals surface area contributed by atoms with E-state index >= 15 is 0 Å². The normalized spacial score (nSPS) is 23.6. The van der Waals surface area contributed by atoms with Crippen LogP contribution >= 0.6 is 0 Å². The number of dihydropyridines is 1. The van der Waals surface area contributed by atoms with Crippen LogP contribution in [0.2, 0.25) is 0 Å². The van der Waals surface area contributed by atoms with Gasteiger partial charge in [-0.15, -0.1) is 0 Å². The molecule has 1 rings (SSSR count). The van der Waals surface area contributed by atoms with Gasteiger partial charge in [-0.2, -0.15) is 5.26 Å². The molecule has 0 aliphatic carbocycles. The summed E-state index contributed by atoms with van der Waals surface area (Å²) < 4.78 is 0. The average molecular weight is 136 g/mol. The summed E-state index contributed by atoms with van der Waals surface area (Å²) in [6.07, 6.45) is 3.45. The van der Waals surface area contributed by atoms with Crippen LogP contribution in [0.3, 0.4) is 0 Å². The fourth-order valence-corrected chi connectivity index (χ4v) is 0.748. The molecule has 3 nitrogen and oxygen atoms in total. The first kappa shape index (κ1) is 6.97. The van der Waals surface area contributed by atoms with E-state index in [2.05, 4.69) is 4.99 Å². The van der Waals surface area contributed by atoms with Crippen LogP contribution in [-0.4, -0.2) is 24.0 Å². The minimum atomic E-state index is 0.108. The van der Waals surface area contributed by atoms with Crippen molar-refractivity contribution in [3.8, 4) is 6.07 Å². The van der Waals surface area contributed by atoms with Gasteiger partial charge in [-0.1, -0.05) is 6.08 Å². The predicted octanol–water partition coefficient (Wildman–Crippen LogP) is 0.129. The highest BCUT2D eigenvalue weighted by molar-refractivity contribution is 6.07. The zero-order valence-corrected chi connectivity index (χ0v) is 5.49. The standard InChI is InChI=1S/C7H8N2O/c8-3-7-2-1-6(5-10)4-9-7/h1-2,6,10H,4-5H2. The zero-order chi connectivity index (χ0) is 7.40. The predicted molar refractivity (Wildman–Crippen MR) is 37.6 cm³/mol. The Balaban J connectivity index is 2.57. The first-order valence-corrected chi connectivity index (χ1v) is 3.10. The lowest BCUT2D eigenvalue weighted by Crippen LogP contribution is -2.12. The molecule has 1 heterocycles. The van der Waals surface area contributed by atoms with Crippen molar-refractivity contribution in [2.45, 2.75) is 0 Å². The van der Waals surface area contributed by atoms with Crippen molar-refractivity contribution in [3.05, 3.63) is 12.2 Å². The van der Waals surface area contributed by atoms with Gasteiger partial charge in [0.05, 0.1) is 6.61 Å². The lowest BCUT2D eigenvalue weighted by atomic mass is 10.1. The molecule has 0 aromatic rings. The van der Waals surface area contributed by atoms with E-state index < -0.39 is 0 Å². The van der Waals surface area contributed by atoms with Gasteiger partial charge in [0.15, 0.2) is 0 Å². The molecule has 0 aromatic heterocycles. The molecule has 10 heavy (non-hydrogen) atoms. The summed E-state index contributed by atoms with van der Waals surface area (Å²) in [5.74, 6) is 0.108. The van der Waals surface area contributed by atoms with Crippen molar-refractivity contribution >= 4 is 5.71 Å². The highest BCUT2D eigenvalue weighted by Gasteiger charge is 2.06. The Labute approximate surface area is 59.3 Å². The second-order valence-corrected chi connectivity index (χ2v) is 2.14. The molecule has 1 atom stereocenters. The third-order valence-corrected chi connectivity index (χ3v) is 1.37. The topological polar surface area (TPSA) is 56.4 Å². The summed E-state index contributed by atoms with van der Waals surface area (Å²) in [5, 5.41) is 17.0. The maximum absolute atomic E-state index is 8.65. The van der Waals surface area contributed by atoms with Gasteiger partial charge in [-0.3, -0.25) is 4.99 Å². The fraction of sp³-hybridized carbons (Fsp3) is 0.429. The number of hydrogen-bond donors (Lipinski definition) is 1. The number of nitrogens with zero attached hydrogens (tertiary/aromatic N) is 2. The smallest absolute Gasteiger partial charge is 0.134 e. The van der Waals surface area contributed by atoms with Crippen molar-refractivity contribution in [1.82, 2.24) is 0 Å². The number of nitriles is 1. The third-order valence-electron chi connectivity index (χ3n) is 1.37. The number of aliphatic hydroxyl groups excluding tert-OH is 1. The van der Waals surface area contributed by atoms with E-state index in [1.807, 2.05) is 12.1 Å². The van der Waals surface area contributed by atoms with Gasteiger partial charge < -0.3 is 5.11 Å². The summed E-state index contributed by atoms with van der Waals surface area (Å²) in [6.45, 7) is 0.647. The molecule has 0 radical (unpaired) electrons. The number of rotatable bonds is 1. The van der Waals surface area contributed by atoms with Gasteiger partial charge in [-0.05, 0) is 6.08 Å². The van der Waals surface area contributed by atoms with Crippen molar-refractivity contribution in [1.29, 1.82) is 5.26 Å². The number of allylic oxidation sites excluding steroid dienone is 1. The highest BCUT2D eigenvalue weighted by atomic mass is 16.3. The first-order chi connectivity index (χ1) is 4.86. The molecule has 0 bridgehead atoms. The lowest BCUT2D eigenvalue weighted by molar-refractivity contribution is 0.255. The van der Waals surface area contributed by atoms with Crippen LogP contribution in [0.4, 0.5) is 0 Å². The summed E-state index contributed by atoms with van der Waals surface area (Å²) in [5.41, 5.74) is 0.449. The molecule has 1 unspecified atom stereocenters. The van der Waals surface area contributed by atoms with Crippen LogP contribution in [0.25, 0.3) is 0 Å². The Kier molecular flexibility index (Phi) is 2.19. The quantitative estimate of drug-likeness (QED) is 0.557. The molecule has 0 aromatic carbocycles. The molecule has 3 heteroatoms. The number of aliphatic imine (C=N–C) groups is 1. The summed E-state index contributed by atoms with van der Waals surface area (Å²) in [6, 6.07) is 1.93. The van der Waals surface area contributed by atoms with Crippen molar-refractivity contribution in [2.24, 2.45) is 10.9 Å². The van der Waals surface area contributed by atoms with Crippen LogP contribution in [-0.2, 0) is 0 Å². The Morgan fingerprint density at radius 1 is 1.90 bits per heavy atom. The van der Waals surface area contributed by atoms with E-state index in [0.717, 1.165) is 0 Å². The van der Waals surface area contributed by atoms with E-state index in [0.29, 0.717) is 12.3 Å². The van der Waals surface area contributed by atoms with Crippen LogP contribution in [0.1, 0.15) is 0 Å². The molecular weight excluding hydrogens is 128 g/mol. The fourth-order valence-electron chi connectivity index (χ4n) is 0.748. The summed E-state index contributed by atoms with van der Waals surface area (Å²) >= 11 is 0. The Morgan fingerprint density at radius 2 is 2.70 bits per heavy atom. The van der Waals surface area contributed by atoms with E-state index in [-0.39, 0.29) is 12.5 Å². The van der Waals surface area contributed by atoms with E-state index in [1.54, 1.807) is 6.08 Å². The molecular formula is C7H8N2O. The molecule has 0 saturated carbocycles. The number of hydrogen-bond acceptors (Lipinski definition) is 3. The van der Waals surface area contributed by atoms with Gasteiger partial charge in [0, 0.05) is 12.5 Å². The average Bonchev–Trinajstić information content (AvgIpc) is 2.05. The molecule has 0 amide bonds. The molecule has 1 N–H and O–H groups in total. The van der Waals surface area contributed by atoms with Gasteiger partial charge in [0.25, 0.3) is 0 Å². The van der Waals surface area contributed by atoms with Crippen LogP contribution in [0.15, 0.2) is 17.1 Å². The van der Waals surface area contributed by atoms with Crippen molar-refractivity contribution in [3.63, 3.8) is 0 Å². The van der Waals surface area contributed by atoms with Crippen molar-refractivity contribution < 1.29 is 5.11 Å². The number of aliphatic hydroxyl groups is 1. The van der Waals surface area contributed by atoms with Crippen molar-refractivity contribution in [2.75, 3.05) is 13.2 Å². The maximum Gasteiger partial charge on any atom is 0.134 e. The Bertz CT molecular complexity index is 212. The zero-order valence-electron chi connectivity index (χ0n) is 5.49. The molecule has 1 aliphatic rings. The Morgan fingerprint density at radius 3 is 3.10 bits per heavy atom. The second kappa shape index (κ2) is 3.14. The summed E-state index contributed by atoms with van der Waals surface area (Å²) in [7, 11) is 0. The van der Waals surface area contributed by atoms with E-state index in [4.69, 9.17) is 10.4 Å². The Hall–Kier alpha value is -1.14. The largest absolute Gasteiger partial charge is 0.396 e. The third kappa shape index (κ3) is 1.42. The highest BCUT2D eigenvalue weighted by Crippen LogP contribution is 2.04. The second-order valence-electron chi connectivity index (χ2n) is 2.14. The summed E-state index contributed by atoms with van der Waals surface area (Å²) in [4.78, 5) is 3.91.